The maximum Gasteiger partial charge on any atom is 0.203 e. The molecule has 1 aromatic heterocycles. The molecule has 1 heterocycles. The summed E-state index contributed by atoms with van der Waals surface area (Å²) in [7, 11) is -1.67. The van der Waals surface area contributed by atoms with Gasteiger partial charge in [-0.3, -0.25) is 4.98 Å². The molecule has 0 aliphatic rings. The van der Waals surface area contributed by atoms with E-state index in [4.69, 9.17) is 21.9 Å². The van der Waals surface area contributed by atoms with Gasteiger partial charge in [0.2, 0.25) is 8.38 Å². The van der Waals surface area contributed by atoms with Crippen LogP contribution in [-0.2, 0) is 10.9 Å². The number of pyridine rings is 1. The molecule has 4 nitrogen and oxygen atoms in total. The Bertz CT molecular complexity index is 844. The third-order valence-corrected chi connectivity index (χ3v) is 5.01. The molecule has 0 fully saturated rings. The molecule has 124 valence electrons. The first-order chi connectivity index (χ1) is 11.6. The monoisotopic (exact) mass is 360 g/mol. The minimum absolute atomic E-state index is 0.476. The predicted octanol–water partition coefficient (Wildman–Crippen LogP) is 4.05. The van der Waals surface area contributed by atoms with Gasteiger partial charge in [0.15, 0.2) is 0 Å². The molecule has 3 N–H and O–H groups in total. The minimum Gasteiger partial charge on any atom is -0.397 e. The Hall–Kier alpha value is -1.71. The van der Waals surface area contributed by atoms with E-state index in [9.17, 15) is 4.89 Å². The van der Waals surface area contributed by atoms with Crippen LogP contribution in [0.4, 0.5) is 5.69 Å². The zero-order chi connectivity index (χ0) is 16.9. The number of nitrogens with zero attached hydrogens (tertiary/aromatic N) is 1. The van der Waals surface area contributed by atoms with Gasteiger partial charge in [0, 0.05) is 21.9 Å². The topological polar surface area (TPSA) is 68.4 Å². The first-order valence-electron chi connectivity index (χ1n) is 7.64. The molecule has 0 amide bonds. The fraction of sp³-hybridized carbons (Fsp3) is 0.167. The molecule has 2 aromatic carbocycles. The second-order valence-electron chi connectivity index (χ2n) is 5.45. The number of anilines is 1. The summed E-state index contributed by atoms with van der Waals surface area (Å²) in [6.45, 7) is 0.476. The number of benzene rings is 2. The summed E-state index contributed by atoms with van der Waals surface area (Å²) < 4.78 is 5.58. The Morgan fingerprint density at radius 3 is 2.83 bits per heavy atom. The Labute approximate surface area is 147 Å². The minimum atomic E-state index is -1.67. The van der Waals surface area contributed by atoms with Crippen LogP contribution in [-0.4, -0.2) is 16.5 Å². The Morgan fingerprint density at radius 1 is 1.17 bits per heavy atom. The van der Waals surface area contributed by atoms with Crippen LogP contribution in [0.5, 0.6) is 0 Å². The van der Waals surface area contributed by atoms with Crippen LogP contribution >= 0.6 is 20.0 Å². The lowest BCUT2D eigenvalue weighted by molar-refractivity contribution is 0.311. The third-order valence-electron chi connectivity index (χ3n) is 3.66. The van der Waals surface area contributed by atoms with E-state index in [1.807, 2.05) is 48.5 Å². The fourth-order valence-electron chi connectivity index (χ4n) is 2.47. The van der Waals surface area contributed by atoms with Crippen LogP contribution in [0, 0.1) is 0 Å². The molecule has 3 rings (SSSR count). The van der Waals surface area contributed by atoms with Crippen molar-refractivity contribution in [2.24, 2.45) is 0 Å². The summed E-state index contributed by atoms with van der Waals surface area (Å²) in [6.07, 6.45) is 3.30. The second kappa shape index (κ2) is 7.91. The first kappa shape index (κ1) is 17.1. The van der Waals surface area contributed by atoms with Crippen molar-refractivity contribution in [3.8, 4) is 0 Å². The van der Waals surface area contributed by atoms with Crippen molar-refractivity contribution in [2.45, 2.75) is 12.8 Å². The highest BCUT2D eigenvalue weighted by molar-refractivity contribution is 7.55. The number of halogens is 1. The van der Waals surface area contributed by atoms with Crippen LogP contribution in [0.2, 0.25) is 5.02 Å². The van der Waals surface area contributed by atoms with Gasteiger partial charge in [-0.2, -0.15) is 0 Å². The number of hydrogen-bond acceptors (Lipinski definition) is 4. The maximum absolute atomic E-state index is 10.2. The number of aromatic nitrogens is 1. The Kier molecular flexibility index (Phi) is 5.64. The van der Waals surface area contributed by atoms with Gasteiger partial charge >= 0.3 is 0 Å². The highest BCUT2D eigenvalue weighted by atomic mass is 35.5. The molecule has 0 bridgehead atoms. The number of aryl methyl sites for hydroxylation is 1. The van der Waals surface area contributed by atoms with Gasteiger partial charge in [-0.05, 0) is 42.7 Å². The van der Waals surface area contributed by atoms with E-state index < -0.39 is 8.38 Å². The Morgan fingerprint density at radius 2 is 2.00 bits per heavy atom. The van der Waals surface area contributed by atoms with Gasteiger partial charge in [-0.1, -0.05) is 35.9 Å². The summed E-state index contributed by atoms with van der Waals surface area (Å²) in [5.41, 5.74) is 8.42. The van der Waals surface area contributed by atoms with Crippen LogP contribution in [0.15, 0.2) is 54.7 Å². The number of hydrogen-bond donors (Lipinski definition) is 2. The summed E-state index contributed by atoms with van der Waals surface area (Å²) in [5, 5.41) is 2.32. The first-order valence-corrected chi connectivity index (χ1v) is 9.23. The molecular formula is C18H18ClN2O2P. The van der Waals surface area contributed by atoms with E-state index in [2.05, 4.69) is 4.98 Å². The average molecular weight is 361 g/mol. The summed E-state index contributed by atoms with van der Waals surface area (Å²) in [4.78, 5) is 14.6. The standard InChI is InChI=1S/C18H18ClN2O2P/c19-15-7-1-4-13(10-15)5-3-9-23-24(22)16-11-14-6-2-8-17(20)18(14)21-12-16/h1-2,4,6-8,10-12,22H,3,5,9,20H2. The third kappa shape index (κ3) is 4.22. The van der Waals surface area contributed by atoms with Crippen molar-refractivity contribution >= 4 is 41.9 Å². The molecule has 24 heavy (non-hydrogen) atoms. The largest absolute Gasteiger partial charge is 0.397 e. The Balaban J connectivity index is 1.56. The van der Waals surface area contributed by atoms with E-state index in [1.165, 1.54) is 0 Å². The maximum atomic E-state index is 10.2. The molecule has 0 saturated carbocycles. The summed E-state index contributed by atoms with van der Waals surface area (Å²) in [6, 6.07) is 15.2. The lowest BCUT2D eigenvalue weighted by Crippen LogP contribution is -2.06. The summed E-state index contributed by atoms with van der Waals surface area (Å²) in [5.74, 6) is 0. The molecule has 1 atom stereocenters. The molecule has 0 aliphatic heterocycles. The molecule has 6 heteroatoms. The van der Waals surface area contributed by atoms with Crippen molar-refractivity contribution in [1.29, 1.82) is 0 Å². The molecule has 0 radical (unpaired) electrons. The van der Waals surface area contributed by atoms with E-state index in [0.29, 0.717) is 17.6 Å². The zero-order valence-electron chi connectivity index (χ0n) is 13.0. The van der Waals surface area contributed by atoms with E-state index >= 15 is 0 Å². The van der Waals surface area contributed by atoms with Crippen LogP contribution in [0.3, 0.4) is 0 Å². The van der Waals surface area contributed by atoms with Gasteiger partial charge in [-0.25, -0.2) is 0 Å². The molecular weight excluding hydrogens is 343 g/mol. The van der Waals surface area contributed by atoms with E-state index in [-0.39, 0.29) is 0 Å². The SMILES string of the molecule is Nc1cccc2cc(P(O)OCCCc3cccc(Cl)c3)cnc12. The normalized spacial score (nSPS) is 12.4. The number of nitrogen functional groups attached to an aromatic ring is 1. The van der Waals surface area contributed by atoms with Crippen molar-refractivity contribution < 1.29 is 9.42 Å². The fourth-order valence-corrected chi connectivity index (χ4v) is 3.54. The van der Waals surface area contributed by atoms with Crippen molar-refractivity contribution in [1.82, 2.24) is 4.98 Å². The zero-order valence-corrected chi connectivity index (χ0v) is 14.7. The second-order valence-corrected chi connectivity index (χ2v) is 7.21. The molecule has 0 saturated heterocycles. The van der Waals surface area contributed by atoms with E-state index in [0.717, 1.165) is 34.3 Å². The lowest BCUT2D eigenvalue weighted by atomic mass is 10.1. The smallest absolute Gasteiger partial charge is 0.203 e. The highest BCUT2D eigenvalue weighted by Crippen LogP contribution is 2.31. The van der Waals surface area contributed by atoms with Gasteiger partial charge in [0.05, 0.1) is 17.8 Å². The lowest BCUT2D eigenvalue weighted by Gasteiger charge is -2.12. The quantitative estimate of drug-likeness (QED) is 0.395. The van der Waals surface area contributed by atoms with Crippen LogP contribution in [0.25, 0.3) is 10.9 Å². The van der Waals surface area contributed by atoms with Gasteiger partial charge in [-0.15, -0.1) is 0 Å². The molecule has 1 unspecified atom stereocenters. The molecule has 0 spiro atoms. The van der Waals surface area contributed by atoms with Crippen LogP contribution < -0.4 is 11.0 Å². The van der Waals surface area contributed by atoms with Gasteiger partial charge in [0.1, 0.15) is 0 Å². The molecule has 0 aliphatic carbocycles. The summed E-state index contributed by atoms with van der Waals surface area (Å²) >= 11 is 5.96. The number of nitrogens with two attached hydrogens (primary N) is 1. The van der Waals surface area contributed by atoms with Crippen LogP contribution in [0.1, 0.15) is 12.0 Å². The number of rotatable bonds is 6. The number of fused-ring (bicyclic) bond motifs is 1. The predicted molar refractivity (Wildman–Crippen MR) is 101 cm³/mol. The molecule has 3 aromatic rings. The van der Waals surface area contributed by atoms with Crippen molar-refractivity contribution in [3.05, 3.63) is 65.3 Å². The van der Waals surface area contributed by atoms with Gasteiger partial charge in [0.25, 0.3) is 0 Å². The highest BCUT2D eigenvalue weighted by Gasteiger charge is 2.11. The van der Waals surface area contributed by atoms with Crippen molar-refractivity contribution in [2.75, 3.05) is 12.3 Å². The van der Waals surface area contributed by atoms with Gasteiger partial charge < -0.3 is 15.2 Å². The van der Waals surface area contributed by atoms with Crippen molar-refractivity contribution in [3.63, 3.8) is 0 Å². The number of para-hydroxylation sites is 1. The average Bonchev–Trinajstić information content (AvgIpc) is 2.58. The van der Waals surface area contributed by atoms with E-state index in [1.54, 1.807) is 6.20 Å².